The Morgan fingerprint density at radius 2 is 1.96 bits per heavy atom. The number of hydrogen-bond acceptors (Lipinski definition) is 3. The highest BCUT2D eigenvalue weighted by molar-refractivity contribution is 6.30. The topological polar surface area (TPSA) is 58.6 Å². The number of fused-ring (bicyclic) bond motifs is 1. The first-order valence-electron chi connectivity index (χ1n) is 9.57. The van der Waals surface area contributed by atoms with E-state index in [2.05, 4.69) is 17.4 Å². The van der Waals surface area contributed by atoms with Gasteiger partial charge >= 0.3 is 0 Å². The van der Waals surface area contributed by atoms with E-state index in [0.717, 1.165) is 13.0 Å². The van der Waals surface area contributed by atoms with Crippen LogP contribution in [-0.4, -0.2) is 35.9 Å². The van der Waals surface area contributed by atoms with Crippen molar-refractivity contribution in [2.45, 2.75) is 38.8 Å². The van der Waals surface area contributed by atoms with Gasteiger partial charge in [0.15, 0.2) is 6.10 Å². The third-order valence-electron chi connectivity index (χ3n) is 4.83. The van der Waals surface area contributed by atoms with Gasteiger partial charge in [0.25, 0.3) is 5.91 Å². The van der Waals surface area contributed by atoms with E-state index in [1.165, 1.54) is 11.1 Å². The van der Waals surface area contributed by atoms with Crippen molar-refractivity contribution in [3.63, 3.8) is 0 Å². The maximum Gasteiger partial charge on any atom is 0.260 e. The van der Waals surface area contributed by atoms with Crippen molar-refractivity contribution in [2.75, 3.05) is 13.1 Å². The molecule has 6 heteroatoms. The molecule has 0 aliphatic carbocycles. The van der Waals surface area contributed by atoms with Crippen molar-refractivity contribution >= 4 is 23.4 Å². The molecule has 0 saturated carbocycles. The number of halogens is 1. The monoisotopic (exact) mass is 400 g/mol. The van der Waals surface area contributed by atoms with Gasteiger partial charge in [-0.05, 0) is 49.1 Å². The first-order valence-corrected chi connectivity index (χ1v) is 9.95. The molecule has 1 N–H and O–H groups in total. The Bertz CT molecular complexity index is 840. The van der Waals surface area contributed by atoms with E-state index in [0.29, 0.717) is 36.7 Å². The maximum absolute atomic E-state index is 12.4. The third-order valence-corrected chi connectivity index (χ3v) is 5.06. The van der Waals surface area contributed by atoms with Crippen molar-refractivity contribution in [2.24, 2.45) is 0 Å². The SMILES string of the molecule is CC(Oc1cccc(Cl)c1)C(=O)NCCCC(=O)N1CCc2ccccc2C1. The molecule has 28 heavy (non-hydrogen) atoms. The lowest BCUT2D eigenvalue weighted by atomic mass is 9.99. The minimum atomic E-state index is -0.632. The second-order valence-corrected chi connectivity index (χ2v) is 7.38. The summed E-state index contributed by atoms with van der Waals surface area (Å²) in [7, 11) is 0. The van der Waals surface area contributed by atoms with Gasteiger partial charge in [0, 0.05) is 31.1 Å². The summed E-state index contributed by atoms with van der Waals surface area (Å²) >= 11 is 5.92. The number of amides is 2. The molecular weight excluding hydrogens is 376 g/mol. The second-order valence-electron chi connectivity index (χ2n) is 6.95. The zero-order chi connectivity index (χ0) is 19.9. The molecule has 5 nitrogen and oxygen atoms in total. The van der Waals surface area contributed by atoms with Crippen molar-refractivity contribution in [3.8, 4) is 5.75 Å². The Morgan fingerprint density at radius 3 is 2.75 bits per heavy atom. The van der Waals surface area contributed by atoms with Gasteiger partial charge in [-0.1, -0.05) is 41.9 Å². The molecular formula is C22H25ClN2O3. The molecule has 0 bridgehead atoms. The Hall–Kier alpha value is -2.53. The number of nitrogens with one attached hydrogen (secondary N) is 1. The third kappa shape index (κ3) is 5.49. The van der Waals surface area contributed by atoms with Gasteiger partial charge in [-0.15, -0.1) is 0 Å². The molecule has 0 fully saturated rings. The van der Waals surface area contributed by atoms with E-state index < -0.39 is 6.10 Å². The maximum atomic E-state index is 12.4. The van der Waals surface area contributed by atoms with Crippen LogP contribution in [0.25, 0.3) is 0 Å². The number of hydrogen-bond donors (Lipinski definition) is 1. The van der Waals surface area contributed by atoms with E-state index in [1.54, 1.807) is 31.2 Å². The number of rotatable bonds is 7. The lowest BCUT2D eigenvalue weighted by Gasteiger charge is -2.29. The molecule has 0 spiro atoms. The van der Waals surface area contributed by atoms with Gasteiger partial charge in [-0.2, -0.15) is 0 Å². The van der Waals surface area contributed by atoms with Crippen molar-refractivity contribution < 1.29 is 14.3 Å². The van der Waals surface area contributed by atoms with E-state index in [-0.39, 0.29) is 11.8 Å². The van der Waals surface area contributed by atoms with Gasteiger partial charge in [0.2, 0.25) is 5.91 Å². The highest BCUT2D eigenvalue weighted by Gasteiger charge is 2.20. The summed E-state index contributed by atoms with van der Waals surface area (Å²) in [5, 5.41) is 3.38. The minimum absolute atomic E-state index is 0.131. The molecule has 1 atom stereocenters. The van der Waals surface area contributed by atoms with Gasteiger partial charge in [0.05, 0.1) is 0 Å². The van der Waals surface area contributed by atoms with Crippen LogP contribution < -0.4 is 10.1 Å². The molecule has 2 aromatic rings. The summed E-state index contributed by atoms with van der Waals surface area (Å²) in [6.45, 7) is 3.56. The smallest absolute Gasteiger partial charge is 0.260 e. The summed E-state index contributed by atoms with van der Waals surface area (Å²) in [5.41, 5.74) is 2.55. The largest absolute Gasteiger partial charge is 0.481 e. The van der Waals surface area contributed by atoms with E-state index in [1.807, 2.05) is 17.0 Å². The van der Waals surface area contributed by atoms with Crippen LogP contribution in [0.1, 0.15) is 30.9 Å². The standard InChI is InChI=1S/C22H25ClN2O3/c1-16(28-20-9-4-8-19(23)14-20)22(27)24-12-5-10-21(26)25-13-11-17-6-2-3-7-18(17)15-25/h2-4,6-9,14,16H,5,10-13,15H2,1H3,(H,24,27). The molecule has 0 aromatic heterocycles. The van der Waals surface area contributed by atoms with Crippen LogP contribution in [0.3, 0.4) is 0 Å². The first kappa shape index (κ1) is 20.2. The van der Waals surface area contributed by atoms with Gasteiger partial charge in [-0.25, -0.2) is 0 Å². The van der Waals surface area contributed by atoms with E-state index in [9.17, 15) is 9.59 Å². The number of carbonyl (C=O) groups excluding carboxylic acids is 2. The molecule has 148 valence electrons. The molecule has 1 unspecified atom stereocenters. The van der Waals surface area contributed by atoms with Crippen molar-refractivity contribution in [1.29, 1.82) is 0 Å². The van der Waals surface area contributed by atoms with Crippen molar-refractivity contribution in [3.05, 3.63) is 64.7 Å². The Morgan fingerprint density at radius 1 is 1.18 bits per heavy atom. The predicted octanol–water partition coefficient (Wildman–Crippen LogP) is 3.59. The Labute approximate surface area is 170 Å². The van der Waals surface area contributed by atoms with Crippen LogP contribution in [0.4, 0.5) is 0 Å². The molecule has 3 rings (SSSR count). The molecule has 0 radical (unpaired) electrons. The molecule has 2 aromatic carbocycles. The highest BCUT2D eigenvalue weighted by Crippen LogP contribution is 2.20. The zero-order valence-electron chi connectivity index (χ0n) is 16.0. The number of ether oxygens (including phenoxy) is 1. The van der Waals surface area contributed by atoms with Gasteiger partial charge in [0.1, 0.15) is 5.75 Å². The molecule has 2 amide bonds. The minimum Gasteiger partial charge on any atom is -0.481 e. The predicted molar refractivity (Wildman–Crippen MR) is 109 cm³/mol. The molecule has 1 heterocycles. The normalized spacial score (nSPS) is 14.1. The second kappa shape index (κ2) is 9.60. The highest BCUT2D eigenvalue weighted by atomic mass is 35.5. The summed E-state index contributed by atoms with van der Waals surface area (Å²) < 4.78 is 5.59. The van der Waals surface area contributed by atoms with E-state index >= 15 is 0 Å². The molecule has 1 aliphatic rings. The van der Waals surface area contributed by atoms with Crippen LogP contribution in [0.2, 0.25) is 5.02 Å². The van der Waals surface area contributed by atoms with Crippen LogP contribution in [-0.2, 0) is 22.6 Å². The number of benzene rings is 2. The summed E-state index contributed by atoms with van der Waals surface area (Å²) in [6.07, 6.45) is 1.29. The zero-order valence-corrected chi connectivity index (χ0v) is 16.7. The lowest BCUT2D eigenvalue weighted by molar-refractivity contribution is -0.132. The number of carbonyl (C=O) groups is 2. The average Bonchev–Trinajstić information content (AvgIpc) is 2.70. The lowest BCUT2D eigenvalue weighted by Crippen LogP contribution is -2.38. The summed E-state index contributed by atoms with van der Waals surface area (Å²) in [5.74, 6) is 0.474. The quantitative estimate of drug-likeness (QED) is 0.722. The first-order chi connectivity index (χ1) is 13.5. The van der Waals surface area contributed by atoms with Crippen molar-refractivity contribution in [1.82, 2.24) is 10.2 Å². The van der Waals surface area contributed by atoms with Crippen LogP contribution in [0.15, 0.2) is 48.5 Å². The molecule has 0 saturated heterocycles. The number of nitrogens with zero attached hydrogens (tertiary/aromatic N) is 1. The fourth-order valence-electron chi connectivity index (χ4n) is 3.26. The van der Waals surface area contributed by atoms with Gasteiger partial charge in [-0.3, -0.25) is 9.59 Å². The van der Waals surface area contributed by atoms with Crippen LogP contribution >= 0.6 is 11.6 Å². The molecule has 1 aliphatic heterocycles. The average molecular weight is 401 g/mol. The van der Waals surface area contributed by atoms with Crippen LogP contribution in [0.5, 0.6) is 5.75 Å². The van der Waals surface area contributed by atoms with E-state index in [4.69, 9.17) is 16.3 Å². The van der Waals surface area contributed by atoms with Crippen LogP contribution in [0, 0.1) is 0 Å². The Kier molecular flexibility index (Phi) is 6.93. The summed E-state index contributed by atoms with van der Waals surface area (Å²) in [6, 6.07) is 15.2. The summed E-state index contributed by atoms with van der Waals surface area (Å²) in [4.78, 5) is 26.5. The Balaban J connectivity index is 1.37. The fourth-order valence-corrected chi connectivity index (χ4v) is 3.44. The fraction of sp³-hybridized carbons (Fsp3) is 0.364. The van der Waals surface area contributed by atoms with Gasteiger partial charge < -0.3 is 15.0 Å².